The van der Waals surface area contributed by atoms with Gasteiger partial charge < -0.3 is 18.5 Å². The highest BCUT2D eigenvalue weighted by molar-refractivity contribution is 7.56. The summed E-state index contributed by atoms with van der Waals surface area (Å²) in [5.74, 6) is -0.989. The normalized spacial score (nSPS) is 20.6. The predicted octanol–water partition coefficient (Wildman–Crippen LogP) is 19.2. The summed E-state index contributed by atoms with van der Waals surface area (Å²) in [6.07, 6.45) is -0.235. The van der Waals surface area contributed by atoms with E-state index in [1.807, 2.05) is 0 Å². The average molecular weight is 1050 g/mol. The highest BCUT2D eigenvalue weighted by atomic mass is 31.2. The molecule has 2 heterocycles. The monoisotopic (exact) mass is 1050 g/mol. The Kier molecular flexibility index (Phi) is 15.7. The van der Waals surface area contributed by atoms with Crippen LogP contribution in [-0.2, 0) is 73.0 Å². The SMILES string of the molecule is CCC1(CC)OC2C(O1)C(c1cc(C(C)(C)C)cc(C(C)(C)C)c1)(c1cc(C(C)(C)C)cc(C(C)(C)C)c1)OP(c1ccccc1)OC2(c1cc(C(C)(C)C)cc(C(C)(C)C)c1)c1cc(C(C)(C)C)cc(C(C)(C)C)c1. The van der Waals surface area contributed by atoms with E-state index in [0.717, 1.165) is 27.6 Å². The number of hydrogen-bond donors (Lipinski definition) is 0. The standard InChI is InChI=1S/C71H101O4P/c1-27-69(28-2)72-59-60(73-69)71(56-42-50(65(15,16)17)36-51(43-56)66(18,19)20,57-44-52(67(21,22)23)37-53(45-57)68(24,25)26)75-76(58-32-30-29-31-33-58)74-70(59,54-38-46(61(3,4)5)34-47(39-54)62(6,7)8)55-40-48(63(9,10)11)35-49(41-55)64(12,13)14/h29-45,59-60H,27-28H2,1-26H3. The minimum atomic E-state index is -1.99. The molecule has 0 spiro atoms. The Morgan fingerprint density at radius 1 is 0.329 bits per heavy atom. The Morgan fingerprint density at radius 3 is 0.724 bits per heavy atom. The van der Waals surface area contributed by atoms with Crippen molar-refractivity contribution >= 4 is 13.7 Å². The van der Waals surface area contributed by atoms with Gasteiger partial charge in [0.1, 0.15) is 12.2 Å². The number of rotatable bonds is 7. The van der Waals surface area contributed by atoms with Gasteiger partial charge in [-0.3, -0.25) is 0 Å². The molecule has 0 N–H and O–H groups in total. The van der Waals surface area contributed by atoms with Gasteiger partial charge in [-0.2, -0.15) is 0 Å². The second kappa shape index (κ2) is 19.9. The maximum atomic E-state index is 8.65. The van der Waals surface area contributed by atoms with Crippen molar-refractivity contribution in [1.29, 1.82) is 0 Å². The molecule has 0 saturated carbocycles. The van der Waals surface area contributed by atoms with Crippen LogP contribution in [0.2, 0.25) is 0 Å². The van der Waals surface area contributed by atoms with E-state index in [-0.39, 0.29) is 43.3 Å². The summed E-state index contributed by atoms with van der Waals surface area (Å²) in [4.78, 5) is 0. The van der Waals surface area contributed by atoms with Crippen LogP contribution in [0.25, 0.3) is 0 Å². The van der Waals surface area contributed by atoms with Gasteiger partial charge in [0.05, 0.1) is 0 Å². The van der Waals surface area contributed by atoms with Crippen LogP contribution >= 0.6 is 8.38 Å². The first-order chi connectivity index (χ1) is 34.5. The summed E-state index contributed by atoms with van der Waals surface area (Å²) >= 11 is 0. The molecule has 5 aromatic carbocycles. The lowest BCUT2D eigenvalue weighted by molar-refractivity contribution is -0.201. The molecule has 5 heteroatoms. The molecule has 2 unspecified atom stereocenters. The van der Waals surface area contributed by atoms with Gasteiger partial charge in [-0.05, 0) is 135 Å². The summed E-state index contributed by atoms with van der Waals surface area (Å²) in [7, 11) is -1.99. The molecule has 2 aliphatic heterocycles. The van der Waals surface area contributed by atoms with Crippen molar-refractivity contribution in [3.8, 4) is 0 Å². The van der Waals surface area contributed by atoms with E-state index in [0.29, 0.717) is 12.8 Å². The van der Waals surface area contributed by atoms with Crippen LogP contribution in [0.3, 0.4) is 0 Å². The number of hydrogen-bond acceptors (Lipinski definition) is 4. The quantitative estimate of drug-likeness (QED) is 0.152. The third-order valence-electron chi connectivity index (χ3n) is 16.6. The molecule has 7 rings (SSSR count). The highest BCUT2D eigenvalue weighted by Gasteiger charge is 2.68. The Morgan fingerprint density at radius 2 is 0.539 bits per heavy atom. The number of benzene rings is 5. The highest BCUT2D eigenvalue weighted by Crippen LogP contribution is 2.66. The van der Waals surface area contributed by atoms with Gasteiger partial charge in [-0.25, -0.2) is 0 Å². The lowest BCUT2D eigenvalue weighted by Gasteiger charge is -2.44. The van der Waals surface area contributed by atoms with Crippen LogP contribution in [0.1, 0.15) is 260 Å². The molecule has 0 aliphatic carbocycles. The van der Waals surface area contributed by atoms with Gasteiger partial charge in [-0.1, -0.05) is 271 Å². The summed E-state index contributed by atoms with van der Waals surface area (Å²) in [6.45, 7) is 60.5. The molecule has 76 heavy (non-hydrogen) atoms. The van der Waals surface area contributed by atoms with E-state index >= 15 is 0 Å². The van der Waals surface area contributed by atoms with Gasteiger partial charge >= 0.3 is 0 Å². The second-order valence-electron chi connectivity index (χ2n) is 31.1. The first-order valence-electron chi connectivity index (χ1n) is 28.7. The largest absolute Gasteiger partial charge is 0.340 e. The predicted molar refractivity (Wildman–Crippen MR) is 325 cm³/mol. The zero-order chi connectivity index (χ0) is 57.0. The molecule has 0 aromatic heterocycles. The Labute approximate surface area is 465 Å². The summed E-state index contributed by atoms with van der Waals surface area (Å²) in [5.41, 5.74) is 9.96. The van der Waals surface area contributed by atoms with Crippen LogP contribution < -0.4 is 5.30 Å². The Bertz CT molecular complexity index is 2420. The molecule has 2 aliphatic rings. The first kappa shape index (κ1) is 60.0. The van der Waals surface area contributed by atoms with E-state index in [1.165, 1.54) is 44.5 Å². The fourth-order valence-electron chi connectivity index (χ4n) is 10.9. The molecule has 2 atom stereocenters. The maximum absolute atomic E-state index is 8.65. The van der Waals surface area contributed by atoms with Crippen LogP contribution in [0.15, 0.2) is 103 Å². The van der Waals surface area contributed by atoms with E-state index < -0.39 is 37.6 Å². The Balaban J connectivity index is 1.86. The van der Waals surface area contributed by atoms with Crippen molar-refractivity contribution in [2.75, 3.05) is 0 Å². The molecule has 0 radical (unpaired) electrons. The van der Waals surface area contributed by atoms with Gasteiger partial charge in [0.2, 0.25) is 8.38 Å². The first-order valence-corrected chi connectivity index (χ1v) is 29.9. The molecule has 2 saturated heterocycles. The van der Waals surface area contributed by atoms with Gasteiger partial charge in [-0.15, -0.1) is 0 Å². The fraction of sp³-hybridized carbons (Fsp3) is 0.577. The third-order valence-corrected chi connectivity index (χ3v) is 18.3. The maximum Gasteiger partial charge on any atom is 0.207 e. The van der Waals surface area contributed by atoms with Crippen molar-refractivity contribution < 1.29 is 18.5 Å². The molecule has 0 bridgehead atoms. The van der Waals surface area contributed by atoms with Crippen molar-refractivity contribution in [1.82, 2.24) is 0 Å². The second-order valence-corrected chi connectivity index (χ2v) is 32.5. The van der Waals surface area contributed by atoms with Crippen molar-refractivity contribution in [3.63, 3.8) is 0 Å². The molecule has 5 aromatic rings. The molecule has 0 amide bonds. The van der Waals surface area contributed by atoms with Crippen LogP contribution in [0, 0.1) is 0 Å². The zero-order valence-corrected chi connectivity index (χ0v) is 53.4. The van der Waals surface area contributed by atoms with Crippen molar-refractivity contribution in [2.45, 2.75) is 265 Å². The van der Waals surface area contributed by atoms with E-state index in [1.54, 1.807) is 0 Å². The number of fused-ring (bicyclic) bond motifs is 1. The third kappa shape index (κ3) is 11.7. The molecular weight excluding hydrogens is 948 g/mol. The molecule has 4 nitrogen and oxygen atoms in total. The average Bonchev–Trinajstić information content (AvgIpc) is 3.65. The van der Waals surface area contributed by atoms with E-state index in [2.05, 4.69) is 283 Å². The van der Waals surface area contributed by atoms with Crippen LogP contribution in [0.5, 0.6) is 0 Å². The topological polar surface area (TPSA) is 36.9 Å². The van der Waals surface area contributed by atoms with Crippen LogP contribution in [0.4, 0.5) is 0 Å². The van der Waals surface area contributed by atoms with Gasteiger partial charge in [0, 0.05) is 5.30 Å². The summed E-state index contributed by atoms with van der Waals surface area (Å²) in [6, 6.07) is 40.2. The fourth-order valence-corrected chi connectivity index (χ4v) is 12.7. The molecule has 414 valence electrons. The summed E-state index contributed by atoms with van der Waals surface area (Å²) in [5, 5.41) is 0.987. The minimum absolute atomic E-state index is 0.202. The zero-order valence-electron chi connectivity index (χ0n) is 52.5. The molecule has 2 fully saturated rings. The van der Waals surface area contributed by atoms with Gasteiger partial charge in [0.15, 0.2) is 17.0 Å². The molecular formula is C71H101O4P. The Hall–Kier alpha value is -3.63. The van der Waals surface area contributed by atoms with Gasteiger partial charge in [0.25, 0.3) is 0 Å². The van der Waals surface area contributed by atoms with E-state index in [9.17, 15) is 0 Å². The van der Waals surface area contributed by atoms with Crippen LogP contribution in [-0.4, -0.2) is 18.0 Å². The lowest BCUT2D eigenvalue weighted by atomic mass is 9.67. The van der Waals surface area contributed by atoms with Crippen molar-refractivity contribution in [3.05, 3.63) is 170 Å². The summed E-state index contributed by atoms with van der Waals surface area (Å²) < 4.78 is 33.7. The smallest absolute Gasteiger partial charge is 0.207 e. The lowest BCUT2D eigenvalue weighted by Crippen LogP contribution is -2.54. The minimum Gasteiger partial charge on any atom is -0.340 e. The number of ether oxygens (including phenoxy) is 2. The van der Waals surface area contributed by atoms with E-state index in [4.69, 9.17) is 18.5 Å². The van der Waals surface area contributed by atoms with Crippen molar-refractivity contribution in [2.24, 2.45) is 0 Å².